The summed E-state index contributed by atoms with van der Waals surface area (Å²) in [7, 11) is 0. The lowest BCUT2D eigenvalue weighted by Crippen LogP contribution is -2.28. The maximum Gasteiger partial charge on any atom is 0.310 e. The summed E-state index contributed by atoms with van der Waals surface area (Å²) in [6, 6.07) is 5.34. The first-order valence-electron chi connectivity index (χ1n) is 7.21. The first-order valence-corrected chi connectivity index (χ1v) is 7.21. The molecule has 6 heteroatoms. The molecule has 1 aliphatic rings. The number of carbonyl (C=O) groups is 2. The number of nitrogens with zero attached hydrogens (tertiary/aromatic N) is 2. The second kappa shape index (κ2) is 5.05. The van der Waals surface area contributed by atoms with Crippen LogP contribution in [0, 0.1) is 17.3 Å². The van der Waals surface area contributed by atoms with Crippen molar-refractivity contribution in [1.29, 1.82) is 0 Å². The van der Waals surface area contributed by atoms with E-state index in [1.165, 1.54) is 0 Å². The Morgan fingerprint density at radius 2 is 2.05 bits per heavy atom. The van der Waals surface area contributed by atoms with Crippen LogP contribution in [-0.2, 0) is 9.59 Å². The quantitative estimate of drug-likeness (QED) is 0.903. The Morgan fingerprint density at radius 1 is 1.32 bits per heavy atom. The second-order valence-corrected chi connectivity index (χ2v) is 5.98. The van der Waals surface area contributed by atoms with Crippen molar-refractivity contribution in [3.05, 3.63) is 30.6 Å². The van der Waals surface area contributed by atoms with Crippen molar-refractivity contribution in [3.63, 3.8) is 0 Å². The van der Waals surface area contributed by atoms with Gasteiger partial charge in [-0.2, -0.15) is 0 Å². The first-order chi connectivity index (χ1) is 10.5. The van der Waals surface area contributed by atoms with Crippen LogP contribution in [0.25, 0.3) is 11.0 Å². The van der Waals surface area contributed by atoms with E-state index in [4.69, 9.17) is 0 Å². The molecule has 2 N–H and O–H groups in total. The number of benzene rings is 1. The van der Waals surface area contributed by atoms with Gasteiger partial charge in [-0.25, -0.2) is 0 Å². The summed E-state index contributed by atoms with van der Waals surface area (Å²) in [6.07, 6.45) is 3.52. The van der Waals surface area contributed by atoms with Gasteiger partial charge < -0.3 is 10.4 Å². The van der Waals surface area contributed by atoms with Crippen LogP contribution in [0.15, 0.2) is 30.6 Å². The minimum Gasteiger partial charge on any atom is -0.481 e. The van der Waals surface area contributed by atoms with Gasteiger partial charge in [0.1, 0.15) is 5.52 Å². The highest BCUT2D eigenvalue weighted by atomic mass is 16.4. The molecule has 1 saturated carbocycles. The van der Waals surface area contributed by atoms with Gasteiger partial charge in [-0.15, -0.1) is 0 Å². The number of carboxylic acid groups (broad SMARTS) is 1. The summed E-state index contributed by atoms with van der Waals surface area (Å²) < 4.78 is 0. The van der Waals surface area contributed by atoms with E-state index in [9.17, 15) is 14.7 Å². The summed E-state index contributed by atoms with van der Waals surface area (Å²) in [5, 5.41) is 12.2. The smallest absolute Gasteiger partial charge is 0.310 e. The van der Waals surface area contributed by atoms with Crippen molar-refractivity contribution in [3.8, 4) is 0 Å². The topological polar surface area (TPSA) is 92.2 Å². The molecule has 2 atom stereocenters. The molecule has 114 valence electrons. The van der Waals surface area contributed by atoms with Crippen LogP contribution in [-0.4, -0.2) is 27.0 Å². The van der Waals surface area contributed by atoms with Crippen molar-refractivity contribution >= 4 is 28.6 Å². The van der Waals surface area contributed by atoms with E-state index in [0.717, 1.165) is 0 Å². The molecule has 1 aromatic carbocycles. The zero-order chi connectivity index (χ0) is 15.9. The monoisotopic (exact) mass is 299 g/mol. The predicted octanol–water partition coefficient (Wildman–Crippen LogP) is 2.32. The number of nitrogens with one attached hydrogen (secondary N) is 1. The van der Waals surface area contributed by atoms with Gasteiger partial charge in [0.2, 0.25) is 5.91 Å². The highest BCUT2D eigenvalue weighted by Gasteiger charge is 2.65. The van der Waals surface area contributed by atoms with E-state index in [1.54, 1.807) is 24.5 Å². The Morgan fingerprint density at radius 3 is 2.68 bits per heavy atom. The largest absolute Gasteiger partial charge is 0.481 e. The van der Waals surface area contributed by atoms with E-state index < -0.39 is 17.3 Å². The molecular weight excluding hydrogens is 282 g/mol. The lowest BCUT2D eigenvalue weighted by atomic mass is 9.89. The van der Waals surface area contributed by atoms with Crippen LogP contribution in [0.2, 0.25) is 0 Å². The summed E-state index contributed by atoms with van der Waals surface area (Å²) in [4.78, 5) is 32.3. The van der Waals surface area contributed by atoms with Crippen molar-refractivity contribution in [1.82, 2.24) is 9.97 Å². The zero-order valence-electron chi connectivity index (χ0n) is 12.4. The molecule has 1 aliphatic carbocycles. The molecule has 1 heterocycles. The van der Waals surface area contributed by atoms with Gasteiger partial charge in [-0.05, 0) is 24.5 Å². The van der Waals surface area contributed by atoms with Crippen molar-refractivity contribution in [2.24, 2.45) is 17.3 Å². The van der Waals surface area contributed by atoms with Crippen LogP contribution < -0.4 is 5.32 Å². The predicted molar refractivity (Wildman–Crippen MR) is 81.2 cm³/mol. The molecule has 2 aromatic rings. The molecule has 1 amide bonds. The molecule has 22 heavy (non-hydrogen) atoms. The molecule has 0 aliphatic heterocycles. The van der Waals surface area contributed by atoms with Crippen molar-refractivity contribution in [2.75, 3.05) is 5.32 Å². The Kier molecular flexibility index (Phi) is 3.31. The third-order valence-electron chi connectivity index (χ3n) is 4.51. The molecule has 0 saturated heterocycles. The Hall–Kier alpha value is -2.50. The van der Waals surface area contributed by atoms with E-state index in [-0.39, 0.29) is 11.8 Å². The van der Waals surface area contributed by atoms with E-state index in [0.29, 0.717) is 23.1 Å². The third kappa shape index (κ3) is 2.11. The molecule has 0 bridgehead atoms. The second-order valence-electron chi connectivity index (χ2n) is 5.98. The fourth-order valence-corrected chi connectivity index (χ4v) is 3.04. The van der Waals surface area contributed by atoms with Crippen LogP contribution in [0.1, 0.15) is 20.3 Å². The van der Waals surface area contributed by atoms with E-state index in [2.05, 4.69) is 15.3 Å². The fourth-order valence-electron chi connectivity index (χ4n) is 3.04. The molecule has 0 spiro atoms. The van der Waals surface area contributed by atoms with Crippen molar-refractivity contribution in [2.45, 2.75) is 20.3 Å². The zero-order valence-corrected chi connectivity index (χ0v) is 12.4. The van der Waals surface area contributed by atoms with Gasteiger partial charge in [-0.3, -0.25) is 19.6 Å². The SMILES string of the molecule is CC(C)C1(C(=O)O)CC1C(=O)Nc1cccc2nccnc12. The number of aromatic nitrogens is 2. The van der Waals surface area contributed by atoms with Crippen LogP contribution >= 0.6 is 0 Å². The van der Waals surface area contributed by atoms with Gasteiger partial charge in [0.25, 0.3) is 0 Å². The Balaban J connectivity index is 1.85. The summed E-state index contributed by atoms with van der Waals surface area (Å²) >= 11 is 0. The maximum absolute atomic E-state index is 12.4. The maximum atomic E-state index is 12.4. The van der Waals surface area contributed by atoms with Gasteiger partial charge >= 0.3 is 5.97 Å². The van der Waals surface area contributed by atoms with E-state index in [1.807, 2.05) is 19.9 Å². The number of anilines is 1. The Bertz CT molecular complexity index is 754. The molecule has 1 aromatic heterocycles. The highest BCUT2D eigenvalue weighted by Crippen LogP contribution is 2.58. The lowest BCUT2D eigenvalue weighted by molar-refractivity contribution is -0.147. The normalized spacial score (nSPS) is 23.5. The van der Waals surface area contributed by atoms with Gasteiger partial charge in [0.15, 0.2) is 0 Å². The first kappa shape index (κ1) is 14.4. The highest BCUT2D eigenvalue weighted by molar-refractivity contribution is 6.04. The van der Waals surface area contributed by atoms with Crippen molar-refractivity contribution < 1.29 is 14.7 Å². The number of fused-ring (bicyclic) bond motifs is 1. The lowest BCUT2D eigenvalue weighted by Gasteiger charge is -2.16. The molecule has 6 nitrogen and oxygen atoms in total. The minimum absolute atomic E-state index is 0.0898. The van der Waals surface area contributed by atoms with E-state index >= 15 is 0 Å². The number of carbonyl (C=O) groups excluding carboxylic acids is 1. The third-order valence-corrected chi connectivity index (χ3v) is 4.51. The van der Waals surface area contributed by atoms with Gasteiger partial charge in [0.05, 0.1) is 22.5 Å². The minimum atomic E-state index is -0.944. The molecule has 1 fully saturated rings. The van der Waals surface area contributed by atoms with Crippen LogP contribution in [0.3, 0.4) is 0 Å². The standard InChI is InChI=1S/C16H17N3O3/c1-9(2)16(15(21)22)8-10(16)14(20)19-12-5-3-4-11-13(12)18-7-6-17-11/h3-7,9-10H,8H2,1-2H3,(H,19,20)(H,21,22). The summed E-state index contributed by atoms with van der Waals surface area (Å²) in [6.45, 7) is 3.68. The summed E-state index contributed by atoms with van der Waals surface area (Å²) in [5.41, 5.74) is 0.903. The average Bonchev–Trinajstić information content (AvgIpc) is 3.25. The number of hydrogen-bond donors (Lipinski definition) is 2. The fraction of sp³-hybridized carbons (Fsp3) is 0.375. The molecule has 3 rings (SSSR count). The average molecular weight is 299 g/mol. The number of amides is 1. The van der Waals surface area contributed by atoms with Gasteiger partial charge in [0, 0.05) is 12.4 Å². The Labute approximate surface area is 127 Å². The number of aliphatic carboxylic acids is 1. The molecular formula is C16H17N3O3. The number of hydrogen-bond acceptors (Lipinski definition) is 4. The summed E-state index contributed by atoms with van der Waals surface area (Å²) in [5.74, 6) is -1.76. The van der Waals surface area contributed by atoms with Crippen LogP contribution in [0.4, 0.5) is 5.69 Å². The van der Waals surface area contributed by atoms with Crippen LogP contribution in [0.5, 0.6) is 0 Å². The number of carboxylic acids is 1. The van der Waals surface area contributed by atoms with Gasteiger partial charge in [-0.1, -0.05) is 19.9 Å². The number of para-hydroxylation sites is 1. The number of rotatable bonds is 4. The molecule has 0 radical (unpaired) electrons. The molecule has 2 unspecified atom stereocenters.